The lowest BCUT2D eigenvalue weighted by Gasteiger charge is -2.40. The summed E-state index contributed by atoms with van der Waals surface area (Å²) in [4.78, 5) is 23.4. The second-order valence-corrected chi connectivity index (χ2v) is 10.8. The van der Waals surface area contributed by atoms with E-state index >= 15 is 0 Å². The van der Waals surface area contributed by atoms with Gasteiger partial charge in [-0.25, -0.2) is 14.7 Å². The van der Waals surface area contributed by atoms with Crippen LogP contribution in [0.2, 0.25) is 0 Å². The van der Waals surface area contributed by atoms with E-state index in [2.05, 4.69) is 28.2 Å². The van der Waals surface area contributed by atoms with Crippen LogP contribution in [0.5, 0.6) is 5.88 Å². The molecule has 0 atom stereocenters. The normalized spacial score (nSPS) is 26.5. The number of aryl methyl sites for hydroxylation is 1. The maximum Gasteiger partial charge on any atom is 0.417 e. The first-order valence-electron chi connectivity index (χ1n) is 13.5. The van der Waals surface area contributed by atoms with Crippen molar-refractivity contribution in [3.05, 3.63) is 77.9 Å². The molecule has 0 radical (unpaired) electrons. The van der Waals surface area contributed by atoms with Gasteiger partial charge in [0.25, 0.3) is 0 Å². The molecule has 1 saturated carbocycles. The molecule has 0 bridgehead atoms. The van der Waals surface area contributed by atoms with Gasteiger partial charge in [-0.2, -0.15) is 0 Å². The molecule has 39 heavy (non-hydrogen) atoms. The molecule has 1 spiro atoms. The third-order valence-electron chi connectivity index (χ3n) is 8.14. The number of aliphatic hydroxyl groups is 1. The molecule has 2 aromatic heterocycles. The van der Waals surface area contributed by atoms with Crippen LogP contribution in [0.1, 0.15) is 56.9 Å². The van der Waals surface area contributed by atoms with Crippen LogP contribution in [0.4, 0.5) is 4.79 Å². The number of carbonyl (C=O) groups excluding carboxylic acids is 1. The van der Waals surface area contributed by atoms with Crippen molar-refractivity contribution in [2.24, 2.45) is 0 Å². The Morgan fingerprint density at radius 1 is 1.15 bits per heavy atom. The fourth-order valence-electron chi connectivity index (χ4n) is 5.79. The van der Waals surface area contributed by atoms with E-state index in [0.717, 1.165) is 29.4 Å². The summed E-state index contributed by atoms with van der Waals surface area (Å²) in [5.41, 5.74) is 2.38. The predicted molar refractivity (Wildman–Crippen MR) is 143 cm³/mol. The fraction of sp³-hybridized carbons (Fsp3) is 0.433. The Morgan fingerprint density at radius 2 is 2.03 bits per heavy atom. The first-order valence-corrected chi connectivity index (χ1v) is 13.5. The van der Waals surface area contributed by atoms with Crippen molar-refractivity contribution in [2.45, 2.75) is 69.0 Å². The monoisotopic (exact) mass is 531 g/mol. The summed E-state index contributed by atoms with van der Waals surface area (Å²) in [6.45, 7) is 0.370. The molecule has 9 nitrogen and oxygen atoms in total. The molecule has 4 aliphatic rings. The number of aromatic nitrogens is 2. The summed E-state index contributed by atoms with van der Waals surface area (Å²) in [7, 11) is 1.59. The van der Waals surface area contributed by atoms with E-state index in [4.69, 9.17) is 18.9 Å². The summed E-state index contributed by atoms with van der Waals surface area (Å²) < 4.78 is 22.8. The lowest BCUT2D eigenvalue weighted by atomic mass is 9.73. The van der Waals surface area contributed by atoms with Crippen molar-refractivity contribution in [1.29, 1.82) is 0 Å². The van der Waals surface area contributed by atoms with E-state index < -0.39 is 17.3 Å². The molecule has 2 aliphatic heterocycles. The van der Waals surface area contributed by atoms with E-state index in [1.54, 1.807) is 25.6 Å². The van der Waals surface area contributed by atoms with Gasteiger partial charge in [-0.1, -0.05) is 23.8 Å². The van der Waals surface area contributed by atoms with Crippen molar-refractivity contribution in [2.75, 3.05) is 13.7 Å². The Labute approximate surface area is 227 Å². The molecule has 2 aromatic rings. The first kappa shape index (κ1) is 25.4. The van der Waals surface area contributed by atoms with E-state index in [0.29, 0.717) is 69.0 Å². The largest absolute Gasteiger partial charge is 0.481 e. The minimum absolute atomic E-state index is 0.342. The van der Waals surface area contributed by atoms with E-state index in [9.17, 15) is 9.90 Å². The molecule has 1 amide bonds. The highest BCUT2D eigenvalue weighted by Gasteiger charge is 2.51. The van der Waals surface area contributed by atoms with Gasteiger partial charge < -0.3 is 24.1 Å². The average molecular weight is 532 g/mol. The molecule has 9 heteroatoms. The number of carbonyl (C=O) groups is 1. The first-order chi connectivity index (χ1) is 18.9. The highest BCUT2D eigenvalue weighted by Crippen LogP contribution is 2.44. The summed E-state index contributed by atoms with van der Waals surface area (Å²) >= 11 is 0. The van der Waals surface area contributed by atoms with E-state index in [1.165, 1.54) is 16.7 Å². The number of ether oxygens (including phenoxy) is 4. The van der Waals surface area contributed by atoms with Gasteiger partial charge >= 0.3 is 6.09 Å². The van der Waals surface area contributed by atoms with Gasteiger partial charge in [0.2, 0.25) is 11.8 Å². The zero-order valence-electron chi connectivity index (χ0n) is 22.1. The second kappa shape index (κ2) is 10.4. The Bertz CT molecular complexity index is 1390. The molecule has 4 heterocycles. The number of hydrogen-bond donors (Lipinski definition) is 1. The number of nitrogens with zero attached hydrogens (tertiary/aromatic N) is 3. The van der Waals surface area contributed by atoms with Gasteiger partial charge in [0, 0.05) is 18.7 Å². The Hall–Kier alpha value is -3.85. The summed E-state index contributed by atoms with van der Waals surface area (Å²) in [6, 6.07) is 5.63. The van der Waals surface area contributed by atoms with E-state index in [1.807, 2.05) is 12.1 Å². The highest BCUT2D eigenvalue weighted by atomic mass is 16.6. The third kappa shape index (κ3) is 5.36. The van der Waals surface area contributed by atoms with Crippen LogP contribution in [0.25, 0.3) is 11.0 Å². The maximum atomic E-state index is 12.9. The van der Waals surface area contributed by atoms with Crippen molar-refractivity contribution in [1.82, 2.24) is 14.9 Å². The molecular formula is C30H33N3O6. The molecule has 2 aliphatic carbocycles. The van der Waals surface area contributed by atoms with Gasteiger partial charge in [0.15, 0.2) is 6.26 Å². The molecule has 1 saturated heterocycles. The van der Waals surface area contributed by atoms with Gasteiger partial charge in [0.1, 0.15) is 17.6 Å². The molecular weight excluding hydrogens is 498 g/mol. The molecule has 6 rings (SSSR count). The van der Waals surface area contributed by atoms with Crippen LogP contribution < -0.4 is 4.74 Å². The smallest absolute Gasteiger partial charge is 0.417 e. The summed E-state index contributed by atoms with van der Waals surface area (Å²) in [5, 5.41) is 11.4. The number of allylic oxidation sites excluding steroid dienone is 4. The highest BCUT2D eigenvalue weighted by molar-refractivity contribution is 5.78. The maximum absolute atomic E-state index is 12.9. The van der Waals surface area contributed by atoms with E-state index in [-0.39, 0.29) is 0 Å². The van der Waals surface area contributed by atoms with Crippen molar-refractivity contribution in [3.8, 4) is 5.88 Å². The summed E-state index contributed by atoms with van der Waals surface area (Å²) in [6.07, 6.45) is 16.7. The van der Waals surface area contributed by atoms with Gasteiger partial charge in [-0.15, -0.1) is 0 Å². The minimum atomic E-state index is -0.846. The fourth-order valence-corrected chi connectivity index (χ4v) is 5.79. The predicted octanol–water partition coefficient (Wildman–Crippen LogP) is 5.42. The molecule has 0 unspecified atom stereocenters. The third-order valence-corrected chi connectivity index (χ3v) is 8.14. The quantitative estimate of drug-likeness (QED) is 0.505. The van der Waals surface area contributed by atoms with Gasteiger partial charge in [0.05, 0.1) is 30.3 Å². The Balaban J connectivity index is 1.06. The van der Waals surface area contributed by atoms with Crippen LogP contribution in [-0.2, 0) is 20.6 Å². The second-order valence-electron chi connectivity index (χ2n) is 10.8. The summed E-state index contributed by atoms with van der Waals surface area (Å²) in [5.74, 6) is 1.54. The van der Waals surface area contributed by atoms with Gasteiger partial charge in [-0.05, 0) is 69.1 Å². The molecule has 0 aromatic carbocycles. The van der Waals surface area contributed by atoms with Crippen LogP contribution in [0.3, 0.4) is 0 Å². The number of amides is 1. The van der Waals surface area contributed by atoms with Crippen LogP contribution in [-0.4, -0.2) is 50.9 Å². The number of hydrogen-bond acceptors (Lipinski definition) is 8. The SMILES string of the molecule is COc1ccc2nccc(CCC3(O)CCC4(CC3)CN(C3=COC=C(CC5=CC=CCC5)O3)C(=O)O4)c2n1. The van der Waals surface area contributed by atoms with Crippen LogP contribution >= 0.6 is 0 Å². The minimum Gasteiger partial charge on any atom is -0.481 e. The zero-order chi connectivity index (χ0) is 26.9. The van der Waals surface area contributed by atoms with Crippen molar-refractivity contribution in [3.63, 3.8) is 0 Å². The van der Waals surface area contributed by atoms with Crippen molar-refractivity contribution < 1.29 is 28.8 Å². The number of fused-ring (bicyclic) bond motifs is 1. The van der Waals surface area contributed by atoms with Gasteiger partial charge in [-0.3, -0.25) is 4.98 Å². The van der Waals surface area contributed by atoms with Crippen molar-refractivity contribution >= 4 is 17.1 Å². The van der Waals surface area contributed by atoms with Crippen LogP contribution in [0, 0.1) is 0 Å². The number of pyridine rings is 2. The Morgan fingerprint density at radius 3 is 2.82 bits per heavy atom. The lowest BCUT2D eigenvalue weighted by molar-refractivity contribution is -0.0701. The average Bonchev–Trinajstić information content (AvgIpc) is 3.30. The topological polar surface area (TPSA) is 103 Å². The van der Waals surface area contributed by atoms with Crippen LogP contribution in [0.15, 0.2) is 72.4 Å². The molecule has 1 N–H and O–H groups in total. The Kier molecular flexibility index (Phi) is 6.76. The standard InChI is InChI=1S/C30H33N3O6/c1-36-25-8-7-24-27(32-25)22(10-16-31-24)9-11-29(35)12-14-30(15-13-29)20-33(28(34)39-30)26-19-37-18-23(38-26)17-21-5-3-2-4-6-21/h2-3,5,7-8,10,16,18-19,35H,4,6,9,11-15,17,20H2,1H3. The number of rotatable bonds is 7. The number of methoxy groups -OCH3 is 1. The zero-order valence-corrected chi connectivity index (χ0v) is 22.1. The molecule has 2 fully saturated rings. The lowest BCUT2D eigenvalue weighted by Crippen LogP contribution is -2.45. The molecule has 204 valence electrons.